The summed E-state index contributed by atoms with van der Waals surface area (Å²) in [6.07, 6.45) is 0. The van der Waals surface area contributed by atoms with Crippen molar-refractivity contribution in [3.8, 4) is 12.1 Å². The van der Waals surface area contributed by atoms with Gasteiger partial charge in [0, 0.05) is 10.7 Å². The number of carbonyl (C=O) groups is 1. The standard InChI is InChI=1S/C16H12ClN5OS/c1-9-4-12(17)2-3-13(9)21-14(23)8-24-16-11(7-19)5-10(6-18)15(20)22-16/h2-5H,8H2,1H3,(H2,20,22)(H,21,23). The van der Waals surface area contributed by atoms with Crippen LogP contribution in [0.4, 0.5) is 11.5 Å². The van der Waals surface area contributed by atoms with E-state index in [2.05, 4.69) is 10.3 Å². The number of pyridine rings is 1. The number of nitrogens with zero attached hydrogens (tertiary/aromatic N) is 3. The molecule has 0 fully saturated rings. The zero-order valence-electron chi connectivity index (χ0n) is 12.6. The lowest BCUT2D eigenvalue weighted by molar-refractivity contribution is -0.113. The van der Waals surface area contributed by atoms with E-state index in [9.17, 15) is 4.79 Å². The third kappa shape index (κ3) is 4.17. The number of hydrogen-bond donors (Lipinski definition) is 2. The molecule has 1 heterocycles. The molecule has 0 atom stereocenters. The number of benzene rings is 1. The van der Waals surface area contributed by atoms with Crippen molar-refractivity contribution in [2.45, 2.75) is 11.9 Å². The number of nitrogen functional groups attached to an aromatic ring is 1. The van der Waals surface area contributed by atoms with Gasteiger partial charge in [-0.15, -0.1) is 0 Å². The maximum absolute atomic E-state index is 12.1. The highest BCUT2D eigenvalue weighted by atomic mass is 35.5. The minimum Gasteiger partial charge on any atom is -0.383 e. The van der Waals surface area contributed by atoms with Crippen molar-refractivity contribution in [2.24, 2.45) is 0 Å². The highest BCUT2D eigenvalue weighted by molar-refractivity contribution is 8.00. The van der Waals surface area contributed by atoms with Gasteiger partial charge in [-0.1, -0.05) is 23.4 Å². The largest absolute Gasteiger partial charge is 0.383 e. The van der Waals surface area contributed by atoms with Gasteiger partial charge in [0.1, 0.15) is 23.0 Å². The van der Waals surface area contributed by atoms with Crippen LogP contribution in [0.3, 0.4) is 0 Å². The number of rotatable bonds is 4. The zero-order chi connectivity index (χ0) is 17.7. The summed E-state index contributed by atoms with van der Waals surface area (Å²) in [5, 5.41) is 21.7. The average molecular weight is 358 g/mol. The highest BCUT2D eigenvalue weighted by Gasteiger charge is 2.13. The number of anilines is 2. The molecule has 8 heteroatoms. The smallest absolute Gasteiger partial charge is 0.234 e. The monoisotopic (exact) mass is 357 g/mol. The predicted octanol–water partition coefficient (Wildman–Crippen LogP) is 3.10. The van der Waals surface area contributed by atoms with E-state index in [1.54, 1.807) is 18.2 Å². The van der Waals surface area contributed by atoms with Gasteiger partial charge in [0.2, 0.25) is 5.91 Å². The number of nitrogens with one attached hydrogen (secondary N) is 1. The Morgan fingerprint density at radius 1 is 1.33 bits per heavy atom. The van der Waals surface area contributed by atoms with Crippen molar-refractivity contribution in [1.82, 2.24) is 4.98 Å². The summed E-state index contributed by atoms with van der Waals surface area (Å²) >= 11 is 6.96. The molecule has 0 aliphatic carbocycles. The lowest BCUT2D eigenvalue weighted by Gasteiger charge is -2.09. The summed E-state index contributed by atoms with van der Waals surface area (Å²) in [7, 11) is 0. The second-order valence-electron chi connectivity index (χ2n) is 4.79. The number of nitrogens with two attached hydrogens (primary N) is 1. The molecule has 0 saturated carbocycles. The van der Waals surface area contributed by atoms with Crippen LogP contribution in [0.5, 0.6) is 0 Å². The molecule has 6 nitrogen and oxygen atoms in total. The molecular formula is C16H12ClN5OS. The third-order valence-corrected chi connectivity index (χ3v) is 4.29. The van der Waals surface area contributed by atoms with Crippen molar-refractivity contribution in [3.63, 3.8) is 0 Å². The number of aromatic nitrogens is 1. The van der Waals surface area contributed by atoms with Crippen LogP contribution in [-0.4, -0.2) is 16.6 Å². The van der Waals surface area contributed by atoms with Crippen LogP contribution < -0.4 is 11.1 Å². The number of hydrogen-bond acceptors (Lipinski definition) is 6. The molecule has 0 spiro atoms. The van der Waals surface area contributed by atoms with Gasteiger partial charge in [-0.05, 0) is 36.8 Å². The maximum Gasteiger partial charge on any atom is 0.234 e. The first-order valence-electron chi connectivity index (χ1n) is 6.74. The minimum atomic E-state index is -0.251. The number of aryl methyl sites for hydroxylation is 1. The summed E-state index contributed by atoms with van der Waals surface area (Å²) in [5.74, 6) is -0.165. The number of halogens is 1. The van der Waals surface area contributed by atoms with Crippen LogP contribution >= 0.6 is 23.4 Å². The first-order chi connectivity index (χ1) is 11.4. The van der Waals surface area contributed by atoms with Gasteiger partial charge < -0.3 is 11.1 Å². The van der Waals surface area contributed by atoms with Gasteiger partial charge in [0.15, 0.2) is 0 Å². The molecule has 120 valence electrons. The number of carbonyl (C=O) groups excluding carboxylic acids is 1. The third-order valence-electron chi connectivity index (χ3n) is 3.06. The van der Waals surface area contributed by atoms with Crippen LogP contribution in [0.1, 0.15) is 16.7 Å². The molecule has 0 radical (unpaired) electrons. The molecule has 3 N–H and O–H groups in total. The van der Waals surface area contributed by atoms with Crippen LogP contribution in [0, 0.1) is 29.6 Å². The lowest BCUT2D eigenvalue weighted by Crippen LogP contribution is -2.15. The predicted molar refractivity (Wildman–Crippen MR) is 93.6 cm³/mol. The fraction of sp³-hybridized carbons (Fsp3) is 0.125. The molecule has 2 aromatic rings. The minimum absolute atomic E-state index is 0.0351. The molecule has 24 heavy (non-hydrogen) atoms. The number of thioether (sulfide) groups is 1. The second-order valence-corrected chi connectivity index (χ2v) is 6.19. The van der Waals surface area contributed by atoms with E-state index < -0.39 is 0 Å². The molecule has 1 amide bonds. The first kappa shape index (κ1) is 17.6. The van der Waals surface area contributed by atoms with Gasteiger partial charge in [0.05, 0.1) is 16.9 Å². The fourth-order valence-corrected chi connectivity index (χ4v) is 2.87. The Hall–Kier alpha value is -2.74. The van der Waals surface area contributed by atoms with E-state index in [0.717, 1.165) is 17.3 Å². The molecule has 2 rings (SSSR count). The van der Waals surface area contributed by atoms with Crippen molar-refractivity contribution < 1.29 is 4.79 Å². The van der Waals surface area contributed by atoms with Crippen LogP contribution in [-0.2, 0) is 4.79 Å². The Kier molecular flexibility index (Phi) is 5.64. The van der Waals surface area contributed by atoms with Crippen LogP contribution in [0.2, 0.25) is 5.02 Å². The van der Waals surface area contributed by atoms with Crippen molar-refractivity contribution in [1.29, 1.82) is 10.5 Å². The second kappa shape index (κ2) is 7.69. The van der Waals surface area contributed by atoms with Crippen molar-refractivity contribution >= 4 is 40.8 Å². The van der Waals surface area contributed by atoms with Gasteiger partial charge >= 0.3 is 0 Å². The quantitative estimate of drug-likeness (QED) is 0.812. The van der Waals surface area contributed by atoms with E-state index in [0.29, 0.717) is 15.7 Å². The fourth-order valence-electron chi connectivity index (χ4n) is 1.88. The Morgan fingerprint density at radius 3 is 2.67 bits per heavy atom. The maximum atomic E-state index is 12.1. The molecule has 0 aliphatic heterocycles. The first-order valence-corrected chi connectivity index (χ1v) is 8.10. The van der Waals surface area contributed by atoms with E-state index in [-0.39, 0.29) is 28.6 Å². The zero-order valence-corrected chi connectivity index (χ0v) is 14.2. The van der Waals surface area contributed by atoms with Gasteiger partial charge in [-0.3, -0.25) is 4.79 Å². The Labute approximate surface area is 148 Å². The molecule has 1 aromatic heterocycles. The van der Waals surface area contributed by atoms with Gasteiger partial charge in [-0.25, -0.2) is 4.98 Å². The molecule has 0 bridgehead atoms. The molecule has 0 unspecified atom stereocenters. The summed E-state index contributed by atoms with van der Waals surface area (Å²) < 4.78 is 0. The van der Waals surface area contributed by atoms with Gasteiger partial charge in [-0.2, -0.15) is 10.5 Å². The summed E-state index contributed by atoms with van der Waals surface area (Å²) in [4.78, 5) is 16.1. The number of amides is 1. The van der Waals surface area contributed by atoms with E-state index in [1.807, 2.05) is 19.1 Å². The van der Waals surface area contributed by atoms with Gasteiger partial charge in [0.25, 0.3) is 0 Å². The Balaban J connectivity index is 2.08. The SMILES string of the molecule is Cc1cc(Cl)ccc1NC(=O)CSc1nc(N)c(C#N)cc1C#N. The van der Waals surface area contributed by atoms with E-state index in [1.165, 1.54) is 6.07 Å². The van der Waals surface area contributed by atoms with Crippen molar-refractivity contribution in [3.05, 3.63) is 46.0 Å². The molecule has 1 aromatic carbocycles. The topological polar surface area (TPSA) is 116 Å². The van der Waals surface area contributed by atoms with E-state index >= 15 is 0 Å². The van der Waals surface area contributed by atoms with E-state index in [4.69, 9.17) is 27.9 Å². The van der Waals surface area contributed by atoms with Crippen LogP contribution in [0.25, 0.3) is 0 Å². The normalized spacial score (nSPS) is 9.83. The lowest BCUT2D eigenvalue weighted by atomic mass is 10.2. The summed E-state index contributed by atoms with van der Waals surface area (Å²) in [6, 6.07) is 10.3. The van der Waals surface area contributed by atoms with Crippen molar-refractivity contribution in [2.75, 3.05) is 16.8 Å². The highest BCUT2D eigenvalue weighted by Crippen LogP contribution is 2.25. The van der Waals surface area contributed by atoms with Crippen LogP contribution in [0.15, 0.2) is 29.3 Å². The Bertz CT molecular complexity index is 885. The summed E-state index contributed by atoms with van der Waals surface area (Å²) in [6.45, 7) is 1.84. The molecular weight excluding hydrogens is 346 g/mol. The molecule has 0 aliphatic rings. The number of nitriles is 2. The average Bonchev–Trinajstić information content (AvgIpc) is 2.55. The summed E-state index contributed by atoms with van der Waals surface area (Å²) in [5.41, 5.74) is 7.51. The Morgan fingerprint density at radius 2 is 2.04 bits per heavy atom. The molecule has 0 saturated heterocycles.